The van der Waals surface area contributed by atoms with E-state index in [-0.39, 0.29) is 40.3 Å². The molecule has 4 rings (SSSR count). The van der Waals surface area contributed by atoms with Crippen LogP contribution in [0.4, 0.5) is 23.4 Å². The number of nitrogen functional groups attached to an aromatic ring is 1. The summed E-state index contributed by atoms with van der Waals surface area (Å²) >= 11 is 0. The first-order valence-electron chi connectivity index (χ1n) is 10.5. The van der Waals surface area contributed by atoms with Crippen molar-refractivity contribution in [3.05, 3.63) is 113 Å². The lowest BCUT2D eigenvalue weighted by atomic mass is 9.93. The van der Waals surface area contributed by atoms with Gasteiger partial charge in [0.2, 0.25) is 5.78 Å². The molecular formula is C26H19F4N3O2. The van der Waals surface area contributed by atoms with Crippen LogP contribution in [0.5, 0.6) is 0 Å². The number of aromatic amines is 1. The van der Waals surface area contributed by atoms with Crippen molar-refractivity contribution in [2.24, 2.45) is 0 Å². The molecular weight excluding hydrogens is 462 g/mol. The van der Waals surface area contributed by atoms with E-state index in [1.807, 2.05) is 0 Å². The average molecular weight is 481 g/mol. The number of rotatable bonds is 6. The molecule has 0 spiro atoms. The molecule has 0 unspecified atom stereocenters. The van der Waals surface area contributed by atoms with Crippen LogP contribution in [0.2, 0.25) is 0 Å². The molecule has 1 aromatic heterocycles. The second kappa shape index (κ2) is 9.46. The third kappa shape index (κ3) is 4.93. The van der Waals surface area contributed by atoms with Crippen LogP contribution in [-0.4, -0.2) is 16.7 Å². The molecule has 0 saturated carbocycles. The maximum Gasteiger partial charge on any atom is 0.417 e. The first-order valence-corrected chi connectivity index (χ1v) is 10.5. The van der Waals surface area contributed by atoms with E-state index in [1.54, 1.807) is 18.2 Å². The van der Waals surface area contributed by atoms with Gasteiger partial charge in [0.1, 0.15) is 11.6 Å². The van der Waals surface area contributed by atoms with Crippen molar-refractivity contribution >= 4 is 17.5 Å². The number of alkyl halides is 3. The van der Waals surface area contributed by atoms with E-state index in [4.69, 9.17) is 5.73 Å². The third-order valence-electron chi connectivity index (χ3n) is 5.39. The molecule has 4 N–H and O–H groups in total. The highest BCUT2D eigenvalue weighted by molar-refractivity contribution is 6.17. The summed E-state index contributed by atoms with van der Waals surface area (Å²) in [4.78, 5) is 29.0. The number of nitrogens with one attached hydrogen (secondary N) is 2. The Balaban J connectivity index is 1.84. The van der Waals surface area contributed by atoms with Crippen LogP contribution in [0.25, 0.3) is 11.1 Å². The Labute approximate surface area is 197 Å². The summed E-state index contributed by atoms with van der Waals surface area (Å²) < 4.78 is 54.8. The van der Waals surface area contributed by atoms with Crippen LogP contribution in [-0.2, 0) is 12.7 Å². The van der Waals surface area contributed by atoms with Crippen LogP contribution in [0.3, 0.4) is 0 Å². The number of nitrogens with two attached hydrogens (primary N) is 1. The second-order valence-electron chi connectivity index (χ2n) is 7.71. The number of hydrogen-bond donors (Lipinski definition) is 3. The van der Waals surface area contributed by atoms with Crippen LogP contribution >= 0.6 is 0 Å². The molecule has 9 heteroatoms. The van der Waals surface area contributed by atoms with Gasteiger partial charge in [0.15, 0.2) is 0 Å². The minimum Gasteiger partial charge on any atom is -0.385 e. The zero-order valence-corrected chi connectivity index (χ0v) is 18.1. The number of anilines is 1. The number of halogens is 4. The number of hydrogen-bond acceptors (Lipinski definition) is 3. The fraction of sp³-hybridized carbons (Fsp3) is 0.0769. The van der Waals surface area contributed by atoms with Gasteiger partial charge in [-0.25, -0.2) is 4.39 Å². The predicted octanol–water partition coefficient (Wildman–Crippen LogP) is 5.58. The van der Waals surface area contributed by atoms with Gasteiger partial charge < -0.3 is 16.0 Å². The van der Waals surface area contributed by atoms with Crippen molar-refractivity contribution in [2.75, 3.05) is 5.73 Å². The fourth-order valence-corrected chi connectivity index (χ4v) is 3.75. The van der Waals surface area contributed by atoms with E-state index in [2.05, 4.69) is 10.3 Å². The predicted molar refractivity (Wildman–Crippen MR) is 123 cm³/mol. The van der Waals surface area contributed by atoms with E-state index in [9.17, 15) is 27.2 Å². The van der Waals surface area contributed by atoms with Gasteiger partial charge in [-0.15, -0.1) is 0 Å². The van der Waals surface area contributed by atoms with Gasteiger partial charge in [0, 0.05) is 17.7 Å². The van der Waals surface area contributed by atoms with Gasteiger partial charge in [-0.3, -0.25) is 9.59 Å². The molecule has 0 saturated heterocycles. The van der Waals surface area contributed by atoms with Crippen LogP contribution < -0.4 is 11.1 Å². The number of H-pyrrole nitrogens is 1. The minimum absolute atomic E-state index is 0.0357. The summed E-state index contributed by atoms with van der Waals surface area (Å²) in [6.07, 6.45) is -4.75. The van der Waals surface area contributed by atoms with E-state index >= 15 is 0 Å². The van der Waals surface area contributed by atoms with Gasteiger partial charge in [-0.05, 0) is 29.3 Å². The standard InChI is InChI=1S/C26H19F4N3O2/c27-17-12-10-15(11-13-17)14-32-25(35)21-20(18-8-4-5-9-19(18)26(28,29)30)22(33-24(21)31)23(34)16-6-2-1-3-7-16/h1-13,33H,14,31H2,(H,32,35). The molecule has 0 aliphatic heterocycles. The molecule has 5 nitrogen and oxygen atoms in total. The monoisotopic (exact) mass is 481 g/mol. The van der Waals surface area contributed by atoms with E-state index < -0.39 is 29.2 Å². The molecule has 178 valence electrons. The zero-order chi connectivity index (χ0) is 25.2. The largest absolute Gasteiger partial charge is 0.417 e. The van der Waals surface area contributed by atoms with Crippen molar-refractivity contribution in [1.29, 1.82) is 0 Å². The second-order valence-corrected chi connectivity index (χ2v) is 7.71. The average Bonchev–Trinajstić information content (AvgIpc) is 3.20. The van der Waals surface area contributed by atoms with Crippen molar-refractivity contribution in [3.63, 3.8) is 0 Å². The summed E-state index contributed by atoms with van der Waals surface area (Å²) in [7, 11) is 0. The SMILES string of the molecule is Nc1[nH]c(C(=O)c2ccccc2)c(-c2ccccc2C(F)(F)F)c1C(=O)NCc1ccc(F)cc1. The molecule has 3 aromatic carbocycles. The Hall–Kier alpha value is -4.40. The number of amides is 1. The lowest BCUT2D eigenvalue weighted by Crippen LogP contribution is -2.24. The molecule has 0 atom stereocenters. The Morgan fingerprint density at radius 3 is 2.17 bits per heavy atom. The zero-order valence-electron chi connectivity index (χ0n) is 18.1. The molecule has 0 fully saturated rings. The van der Waals surface area contributed by atoms with Crippen molar-refractivity contribution in [3.8, 4) is 11.1 Å². The quantitative estimate of drug-likeness (QED) is 0.248. The molecule has 0 bridgehead atoms. The number of carbonyl (C=O) groups is 2. The Morgan fingerprint density at radius 1 is 0.886 bits per heavy atom. The lowest BCUT2D eigenvalue weighted by Gasteiger charge is -2.15. The summed E-state index contributed by atoms with van der Waals surface area (Å²) in [5.74, 6) is -2.12. The van der Waals surface area contributed by atoms with Crippen molar-refractivity contribution in [1.82, 2.24) is 10.3 Å². The molecule has 1 amide bonds. The number of carbonyl (C=O) groups excluding carboxylic acids is 2. The number of ketones is 1. The van der Waals surface area contributed by atoms with Crippen LogP contribution in [0, 0.1) is 5.82 Å². The summed E-state index contributed by atoms with van der Waals surface area (Å²) in [6, 6.07) is 17.9. The first kappa shape index (κ1) is 23.7. The fourth-order valence-electron chi connectivity index (χ4n) is 3.75. The van der Waals surface area contributed by atoms with Gasteiger partial charge >= 0.3 is 6.18 Å². The van der Waals surface area contributed by atoms with Crippen LogP contribution in [0.1, 0.15) is 37.5 Å². The van der Waals surface area contributed by atoms with E-state index in [1.165, 1.54) is 54.6 Å². The molecule has 1 heterocycles. The Morgan fingerprint density at radius 2 is 1.51 bits per heavy atom. The number of aromatic nitrogens is 1. The van der Waals surface area contributed by atoms with Gasteiger partial charge in [0.25, 0.3) is 5.91 Å². The summed E-state index contributed by atoms with van der Waals surface area (Å²) in [5.41, 5.74) is 4.65. The molecule has 0 aliphatic rings. The van der Waals surface area contributed by atoms with E-state index in [0.717, 1.165) is 6.07 Å². The molecule has 0 radical (unpaired) electrons. The van der Waals surface area contributed by atoms with Crippen LogP contribution in [0.15, 0.2) is 78.9 Å². The minimum atomic E-state index is -4.75. The van der Waals surface area contributed by atoms with E-state index in [0.29, 0.717) is 5.56 Å². The highest BCUT2D eigenvalue weighted by Crippen LogP contribution is 2.41. The van der Waals surface area contributed by atoms with Gasteiger partial charge in [-0.2, -0.15) is 13.2 Å². The normalized spacial score (nSPS) is 11.3. The Kier molecular flexibility index (Phi) is 6.42. The molecule has 4 aromatic rings. The van der Waals surface area contributed by atoms with Crippen molar-refractivity contribution in [2.45, 2.75) is 12.7 Å². The maximum absolute atomic E-state index is 13.9. The smallest absolute Gasteiger partial charge is 0.385 e. The van der Waals surface area contributed by atoms with Gasteiger partial charge in [0.05, 0.1) is 16.8 Å². The first-order chi connectivity index (χ1) is 16.7. The topological polar surface area (TPSA) is 88.0 Å². The third-order valence-corrected chi connectivity index (χ3v) is 5.39. The molecule has 0 aliphatic carbocycles. The van der Waals surface area contributed by atoms with Gasteiger partial charge in [-0.1, -0.05) is 60.7 Å². The highest BCUT2D eigenvalue weighted by Gasteiger charge is 2.37. The lowest BCUT2D eigenvalue weighted by molar-refractivity contribution is -0.137. The Bertz CT molecular complexity index is 1380. The highest BCUT2D eigenvalue weighted by atomic mass is 19.4. The van der Waals surface area contributed by atoms with Crippen molar-refractivity contribution < 1.29 is 27.2 Å². The maximum atomic E-state index is 13.9. The summed E-state index contributed by atoms with van der Waals surface area (Å²) in [6.45, 7) is -0.0357. The molecule has 35 heavy (non-hydrogen) atoms. The summed E-state index contributed by atoms with van der Waals surface area (Å²) in [5, 5.41) is 2.58. The number of benzene rings is 3.